The second-order valence-corrected chi connectivity index (χ2v) is 5.02. The Labute approximate surface area is 124 Å². The third-order valence-electron chi connectivity index (χ3n) is 2.56. The summed E-state index contributed by atoms with van der Waals surface area (Å²) in [5.74, 6) is 0.549. The third-order valence-corrected chi connectivity index (χ3v) is 3.05. The summed E-state index contributed by atoms with van der Waals surface area (Å²) in [5, 5.41) is 3.23. The number of nitrogens with one attached hydrogen (secondary N) is 1. The molecule has 1 unspecified atom stereocenters. The maximum Gasteiger partial charge on any atom is 0.522 e. The fourth-order valence-electron chi connectivity index (χ4n) is 1.71. The molecule has 0 bridgehead atoms. The monoisotopic (exact) mass is 355 g/mol. The quantitative estimate of drug-likeness (QED) is 0.749. The van der Waals surface area contributed by atoms with Crippen LogP contribution in [0.25, 0.3) is 0 Å². The van der Waals surface area contributed by atoms with Crippen molar-refractivity contribution < 1.29 is 22.6 Å². The first-order valence-corrected chi connectivity index (χ1v) is 6.99. The number of alkyl halides is 3. The molecule has 114 valence electrons. The molecule has 20 heavy (non-hydrogen) atoms. The van der Waals surface area contributed by atoms with Crippen LogP contribution in [0.3, 0.4) is 0 Å². The molecular formula is C13H17BrF3NO2. The largest absolute Gasteiger partial charge is 0.522 e. The molecule has 0 aliphatic heterocycles. The maximum absolute atomic E-state index is 11.8. The van der Waals surface area contributed by atoms with Crippen molar-refractivity contribution in [1.82, 2.24) is 5.32 Å². The van der Waals surface area contributed by atoms with Gasteiger partial charge in [-0.25, -0.2) is 0 Å². The number of halogens is 4. The van der Waals surface area contributed by atoms with Crippen LogP contribution in [0.2, 0.25) is 0 Å². The lowest BCUT2D eigenvalue weighted by molar-refractivity contribution is -0.325. The van der Waals surface area contributed by atoms with Gasteiger partial charge in [-0.3, -0.25) is 4.74 Å². The Balaban J connectivity index is 2.64. The van der Waals surface area contributed by atoms with Gasteiger partial charge in [0.1, 0.15) is 12.4 Å². The van der Waals surface area contributed by atoms with Gasteiger partial charge in [0.2, 0.25) is 0 Å². The molecule has 0 heterocycles. The van der Waals surface area contributed by atoms with Crippen molar-refractivity contribution in [2.24, 2.45) is 0 Å². The smallest absolute Gasteiger partial charge is 0.491 e. The summed E-state index contributed by atoms with van der Waals surface area (Å²) in [6.07, 6.45) is -4.62. The van der Waals surface area contributed by atoms with Gasteiger partial charge in [0.25, 0.3) is 0 Å². The molecule has 0 amide bonds. The molecule has 3 nitrogen and oxygen atoms in total. The highest BCUT2D eigenvalue weighted by Gasteiger charge is 2.28. The summed E-state index contributed by atoms with van der Waals surface area (Å²) >= 11 is 3.37. The van der Waals surface area contributed by atoms with Crippen molar-refractivity contribution in [3.63, 3.8) is 0 Å². The van der Waals surface area contributed by atoms with E-state index in [9.17, 15) is 13.2 Å². The Bertz CT molecular complexity index is 427. The van der Waals surface area contributed by atoms with E-state index in [2.05, 4.69) is 26.0 Å². The number of benzene rings is 1. The molecule has 0 radical (unpaired) electrons. The maximum atomic E-state index is 11.8. The average Bonchev–Trinajstić information content (AvgIpc) is 2.35. The second kappa shape index (κ2) is 7.85. The van der Waals surface area contributed by atoms with E-state index in [1.165, 1.54) is 0 Å². The zero-order chi connectivity index (χ0) is 15.2. The molecule has 0 aliphatic carbocycles. The predicted octanol–water partition coefficient (Wildman–Crippen LogP) is 4.03. The van der Waals surface area contributed by atoms with E-state index >= 15 is 0 Å². The van der Waals surface area contributed by atoms with E-state index in [0.717, 1.165) is 16.6 Å². The van der Waals surface area contributed by atoms with Crippen LogP contribution in [-0.2, 0) is 4.74 Å². The summed E-state index contributed by atoms with van der Waals surface area (Å²) in [4.78, 5) is 0. The van der Waals surface area contributed by atoms with Gasteiger partial charge >= 0.3 is 6.36 Å². The third kappa shape index (κ3) is 6.11. The van der Waals surface area contributed by atoms with Crippen LogP contribution < -0.4 is 10.1 Å². The molecule has 0 aliphatic rings. The number of hydrogen-bond acceptors (Lipinski definition) is 3. The molecule has 1 aromatic carbocycles. The number of hydrogen-bond donors (Lipinski definition) is 1. The molecule has 1 atom stereocenters. The summed E-state index contributed by atoms with van der Waals surface area (Å²) in [7, 11) is 0. The minimum Gasteiger partial charge on any atom is -0.491 e. The summed E-state index contributed by atoms with van der Waals surface area (Å²) in [6, 6.07) is 5.42. The van der Waals surface area contributed by atoms with E-state index in [1.807, 2.05) is 19.9 Å². The molecule has 1 N–H and O–H groups in total. The van der Waals surface area contributed by atoms with Crippen molar-refractivity contribution in [3.05, 3.63) is 28.2 Å². The van der Waals surface area contributed by atoms with Crippen LogP contribution in [0.4, 0.5) is 13.2 Å². The average molecular weight is 356 g/mol. The van der Waals surface area contributed by atoms with Crippen molar-refractivity contribution in [1.29, 1.82) is 0 Å². The van der Waals surface area contributed by atoms with Crippen LogP contribution in [0.5, 0.6) is 5.75 Å². The molecule has 0 saturated heterocycles. The number of ether oxygens (including phenoxy) is 2. The van der Waals surface area contributed by atoms with Crippen molar-refractivity contribution in [3.8, 4) is 5.75 Å². The molecule has 1 rings (SSSR count). The fraction of sp³-hybridized carbons (Fsp3) is 0.538. The van der Waals surface area contributed by atoms with Crippen LogP contribution in [0.15, 0.2) is 22.7 Å². The van der Waals surface area contributed by atoms with Gasteiger partial charge in [-0.1, -0.05) is 22.9 Å². The molecule has 0 spiro atoms. The normalized spacial score (nSPS) is 13.3. The van der Waals surface area contributed by atoms with Crippen LogP contribution in [0, 0.1) is 0 Å². The van der Waals surface area contributed by atoms with Gasteiger partial charge in [-0.2, -0.15) is 0 Å². The Morgan fingerprint density at radius 3 is 2.60 bits per heavy atom. The fourth-order valence-corrected chi connectivity index (χ4v) is 2.09. The minimum atomic E-state index is -4.62. The lowest BCUT2D eigenvalue weighted by Crippen LogP contribution is -2.20. The van der Waals surface area contributed by atoms with Gasteiger partial charge in [0.15, 0.2) is 0 Å². The van der Waals surface area contributed by atoms with Crippen molar-refractivity contribution in [2.75, 3.05) is 19.8 Å². The Morgan fingerprint density at radius 2 is 2.00 bits per heavy atom. The SMILES string of the molecule is CCNC(C)c1cc(Br)ccc1OCCOC(F)(F)F. The van der Waals surface area contributed by atoms with Gasteiger partial charge in [-0.05, 0) is 31.7 Å². The molecule has 0 saturated carbocycles. The minimum absolute atomic E-state index is 0.0380. The van der Waals surface area contributed by atoms with Gasteiger partial charge in [-0.15, -0.1) is 13.2 Å². The Morgan fingerprint density at radius 1 is 1.30 bits per heavy atom. The summed E-state index contributed by atoms with van der Waals surface area (Å²) in [5.41, 5.74) is 0.883. The standard InChI is InChI=1S/C13H17BrF3NO2/c1-3-18-9(2)11-8-10(14)4-5-12(11)19-6-7-20-13(15,16)17/h4-5,8-9,18H,3,6-7H2,1-2H3. The van der Waals surface area contributed by atoms with E-state index in [-0.39, 0.29) is 12.6 Å². The zero-order valence-corrected chi connectivity index (χ0v) is 12.8. The van der Waals surface area contributed by atoms with E-state index in [0.29, 0.717) is 5.75 Å². The van der Waals surface area contributed by atoms with E-state index in [4.69, 9.17) is 4.74 Å². The first-order valence-electron chi connectivity index (χ1n) is 6.19. The summed E-state index contributed by atoms with van der Waals surface area (Å²) < 4.78 is 45.5. The molecular weight excluding hydrogens is 339 g/mol. The van der Waals surface area contributed by atoms with Crippen LogP contribution in [-0.4, -0.2) is 26.1 Å². The topological polar surface area (TPSA) is 30.5 Å². The molecule has 7 heteroatoms. The highest BCUT2D eigenvalue weighted by molar-refractivity contribution is 9.10. The first kappa shape index (κ1) is 17.3. The predicted molar refractivity (Wildman–Crippen MR) is 73.7 cm³/mol. The van der Waals surface area contributed by atoms with Gasteiger partial charge in [0.05, 0.1) is 6.61 Å². The summed E-state index contributed by atoms with van der Waals surface area (Å²) in [6.45, 7) is 4.03. The zero-order valence-electron chi connectivity index (χ0n) is 11.3. The highest BCUT2D eigenvalue weighted by Crippen LogP contribution is 2.28. The van der Waals surface area contributed by atoms with Gasteiger partial charge < -0.3 is 10.1 Å². The van der Waals surface area contributed by atoms with Gasteiger partial charge in [0, 0.05) is 16.1 Å². The first-order chi connectivity index (χ1) is 9.33. The molecule has 0 aromatic heterocycles. The van der Waals surface area contributed by atoms with Crippen molar-refractivity contribution in [2.45, 2.75) is 26.3 Å². The Hall–Kier alpha value is -0.790. The van der Waals surface area contributed by atoms with Crippen LogP contribution >= 0.6 is 15.9 Å². The van der Waals surface area contributed by atoms with Crippen LogP contribution in [0.1, 0.15) is 25.5 Å². The second-order valence-electron chi connectivity index (χ2n) is 4.10. The van der Waals surface area contributed by atoms with E-state index in [1.54, 1.807) is 12.1 Å². The lowest BCUT2D eigenvalue weighted by Gasteiger charge is -2.18. The lowest BCUT2D eigenvalue weighted by atomic mass is 10.1. The van der Waals surface area contributed by atoms with Crippen molar-refractivity contribution >= 4 is 15.9 Å². The highest BCUT2D eigenvalue weighted by atomic mass is 79.9. The van der Waals surface area contributed by atoms with E-state index < -0.39 is 13.0 Å². The molecule has 1 aromatic rings. The number of rotatable bonds is 7. The Kier molecular flexibility index (Phi) is 6.78. The molecule has 0 fully saturated rings.